The Kier molecular flexibility index (Phi) is 16.5. The van der Waals surface area contributed by atoms with Crippen molar-refractivity contribution in [3.8, 4) is 0 Å². The van der Waals surface area contributed by atoms with Crippen molar-refractivity contribution in [3.05, 3.63) is 0 Å². The fourth-order valence-corrected chi connectivity index (χ4v) is 0. The molecule has 0 rings (SSSR count). The van der Waals surface area contributed by atoms with Crippen LogP contribution in [0.1, 0.15) is 27.7 Å². The minimum absolute atomic E-state index is 0. The van der Waals surface area contributed by atoms with Gasteiger partial charge in [0.25, 0.3) is 0 Å². The van der Waals surface area contributed by atoms with E-state index in [2.05, 4.69) is 0 Å². The number of halogens is 20. The first-order valence-electron chi connectivity index (χ1n) is 6.78. The monoisotopic (exact) mass is 584 g/mol. The van der Waals surface area contributed by atoms with Gasteiger partial charge in [0.15, 0.2) is 0 Å². The van der Waals surface area contributed by atoms with Gasteiger partial charge in [0, 0.05) is 49.4 Å². The Morgan fingerprint density at radius 2 is 0.273 bits per heavy atom. The van der Waals surface area contributed by atoms with Crippen molar-refractivity contribution in [2.75, 3.05) is 0 Å². The molecule has 0 unspecified atom stereocenters. The first-order valence-corrected chi connectivity index (χ1v) is 6.78. The van der Waals surface area contributed by atoms with Crippen LogP contribution in [0.3, 0.4) is 0 Å². The number of alkyl halides is 20. The molecule has 0 fully saturated rings. The van der Waals surface area contributed by atoms with E-state index in [1.807, 2.05) is 0 Å². The van der Waals surface area contributed by atoms with E-state index in [-0.39, 0.29) is 49.4 Å². The van der Waals surface area contributed by atoms with Gasteiger partial charge in [-0.05, 0) is 0 Å². The van der Waals surface area contributed by atoms with E-state index in [0.717, 1.165) is 0 Å². The van der Waals surface area contributed by atoms with E-state index >= 15 is 0 Å². The summed E-state index contributed by atoms with van der Waals surface area (Å²) in [5.74, 6) is -18.2. The van der Waals surface area contributed by atoms with Crippen LogP contribution in [0.5, 0.6) is 0 Å². The molecule has 0 saturated heterocycles. The fraction of sp³-hybridized carbons (Fsp3) is 1.00. The average molecular weight is 584 g/mol. The van der Waals surface area contributed by atoms with Crippen LogP contribution in [0.4, 0.5) is 87.8 Å². The van der Waals surface area contributed by atoms with Gasteiger partial charge in [-0.15, -0.1) is 0 Å². The molecule has 33 heavy (non-hydrogen) atoms. The predicted molar refractivity (Wildman–Crippen MR) is 66.7 cm³/mol. The Balaban J connectivity index is -0.000000105. The summed E-state index contributed by atoms with van der Waals surface area (Å²) in [4.78, 5) is 0. The van der Waals surface area contributed by atoms with Crippen LogP contribution >= 0.6 is 0 Å². The maximum Gasteiger partial charge on any atom is 0.452 e. The standard InChI is InChI=1S/4C3H3F5.Ti/c4*1-2(4,5)3(6,7)8;/h4*1H3;. The van der Waals surface area contributed by atoms with Crippen LogP contribution in [0.25, 0.3) is 0 Å². The van der Waals surface area contributed by atoms with Crippen LogP contribution in [0.15, 0.2) is 0 Å². The summed E-state index contributed by atoms with van der Waals surface area (Å²) < 4.78 is 219. The SMILES string of the molecule is CC(F)(F)C(F)(F)F.CC(F)(F)C(F)(F)F.CC(F)(F)C(F)(F)F.CC(F)(F)C(F)(F)F.[Ti]. The van der Waals surface area contributed by atoms with E-state index in [0.29, 0.717) is 0 Å². The van der Waals surface area contributed by atoms with Crippen molar-refractivity contribution in [1.29, 1.82) is 0 Å². The molecule has 204 valence electrons. The van der Waals surface area contributed by atoms with Crippen molar-refractivity contribution < 1.29 is 110 Å². The quantitative estimate of drug-likeness (QED) is 0.197. The molecule has 0 aromatic heterocycles. The zero-order valence-electron chi connectivity index (χ0n) is 16.1. The van der Waals surface area contributed by atoms with Crippen LogP contribution in [0, 0.1) is 0 Å². The first kappa shape index (κ1) is 42.5. The van der Waals surface area contributed by atoms with Crippen molar-refractivity contribution in [2.24, 2.45) is 0 Å². The van der Waals surface area contributed by atoms with Gasteiger partial charge in [0.1, 0.15) is 0 Å². The molecule has 0 amide bonds. The third-order valence-corrected chi connectivity index (χ3v) is 1.99. The molecule has 0 spiro atoms. The van der Waals surface area contributed by atoms with Gasteiger partial charge in [-0.2, -0.15) is 87.8 Å². The molecule has 21 heteroatoms. The maximum absolute atomic E-state index is 11.1. The van der Waals surface area contributed by atoms with Crippen LogP contribution in [-0.2, 0) is 21.7 Å². The zero-order chi connectivity index (χ0) is 28.0. The van der Waals surface area contributed by atoms with Crippen molar-refractivity contribution in [3.63, 3.8) is 0 Å². The Labute approximate surface area is 186 Å². The minimum Gasteiger partial charge on any atom is -0.197 e. The zero-order valence-corrected chi connectivity index (χ0v) is 17.6. The van der Waals surface area contributed by atoms with E-state index in [1.165, 1.54) is 0 Å². The van der Waals surface area contributed by atoms with Gasteiger partial charge in [-0.1, -0.05) is 0 Å². The molecule has 0 aromatic carbocycles. The van der Waals surface area contributed by atoms with E-state index < -0.39 is 48.4 Å². The summed E-state index contributed by atoms with van der Waals surface area (Å²) in [6.07, 6.45) is -21.6. The molecule has 0 heterocycles. The molecular formula is C12H12F20Ti. The Morgan fingerprint density at radius 1 is 0.242 bits per heavy atom. The Morgan fingerprint density at radius 3 is 0.273 bits per heavy atom. The molecule has 0 N–H and O–H groups in total. The van der Waals surface area contributed by atoms with Gasteiger partial charge < -0.3 is 0 Å². The second-order valence-corrected chi connectivity index (χ2v) is 5.54. The fourth-order valence-electron chi connectivity index (χ4n) is 0. The summed E-state index contributed by atoms with van der Waals surface area (Å²) in [7, 11) is 0. The molecule has 0 radical (unpaired) electrons. The molecule has 0 aliphatic rings. The second kappa shape index (κ2) is 12.9. The smallest absolute Gasteiger partial charge is 0.197 e. The summed E-state index contributed by atoms with van der Waals surface area (Å²) in [6.45, 7) is -0.750. The molecule has 0 bridgehead atoms. The van der Waals surface area contributed by atoms with E-state index in [4.69, 9.17) is 0 Å². The number of hydrogen-bond donors (Lipinski definition) is 0. The average Bonchev–Trinajstić information content (AvgIpc) is 2.30. The van der Waals surface area contributed by atoms with Crippen LogP contribution in [-0.4, -0.2) is 48.4 Å². The summed E-state index contributed by atoms with van der Waals surface area (Å²) in [5.41, 5.74) is 0. The van der Waals surface area contributed by atoms with Crippen LogP contribution < -0.4 is 0 Å². The number of hydrogen-bond acceptors (Lipinski definition) is 0. The van der Waals surface area contributed by atoms with Gasteiger partial charge in [-0.3, -0.25) is 0 Å². The Hall–Kier alpha value is -0.686. The summed E-state index contributed by atoms with van der Waals surface area (Å²) >= 11 is 0. The molecule has 0 nitrogen and oxygen atoms in total. The molecule has 0 aromatic rings. The molecule has 0 aliphatic heterocycles. The van der Waals surface area contributed by atoms with Gasteiger partial charge in [0.2, 0.25) is 0 Å². The van der Waals surface area contributed by atoms with Gasteiger partial charge in [0.05, 0.1) is 0 Å². The van der Waals surface area contributed by atoms with E-state index in [1.54, 1.807) is 0 Å². The Bertz CT molecular complexity index is 353. The normalized spacial score (nSPS) is 13.8. The van der Waals surface area contributed by atoms with Gasteiger partial charge >= 0.3 is 48.4 Å². The molecular weight excluding hydrogens is 572 g/mol. The molecule has 0 saturated carbocycles. The van der Waals surface area contributed by atoms with Crippen molar-refractivity contribution in [2.45, 2.75) is 76.1 Å². The maximum atomic E-state index is 11.1. The topological polar surface area (TPSA) is 0 Å². The number of rotatable bonds is 0. The predicted octanol–water partition coefficient (Wildman–Crippen LogP) is 8.81. The minimum atomic E-state index is -5.40. The first-order chi connectivity index (χ1) is 13.0. The van der Waals surface area contributed by atoms with Crippen molar-refractivity contribution >= 4 is 0 Å². The van der Waals surface area contributed by atoms with Crippen LogP contribution in [0.2, 0.25) is 0 Å². The van der Waals surface area contributed by atoms with E-state index in [9.17, 15) is 87.8 Å². The summed E-state index contributed by atoms with van der Waals surface area (Å²) in [6, 6.07) is 0. The molecule has 0 atom stereocenters. The third-order valence-electron chi connectivity index (χ3n) is 1.99. The largest absolute Gasteiger partial charge is 0.452 e. The third kappa shape index (κ3) is 21.6. The van der Waals surface area contributed by atoms with Gasteiger partial charge in [-0.25, -0.2) is 0 Å². The summed E-state index contributed by atoms with van der Waals surface area (Å²) in [5, 5.41) is 0. The second-order valence-electron chi connectivity index (χ2n) is 5.54. The van der Waals surface area contributed by atoms with Crippen molar-refractivity contribution in [1.82, 2.24) is 0 Å². The molecule has 0 aliphatic carbocycles.